The Bertz CT molecular complexity index is 1160. The molecule has 150 valence electrons. The van der Waals surface area contributed by atoms with Crippen molar-refractivity contribution < 1.29 is 14.3 Å². The van der Waals surface area contributed by atoms with E-state index < -0.39 is 0 Å². The molecule has 0 radical (unpaired) electrons. The van der Waals surface area contributed by atoms with Crippen LogP contribution in [0.5, 0.6) is 11.5 Å². The van der Waals surface area contributed by atoms with E-state index in [1.807, 2.05) is 49.4 Å². The summed E-state index contributed by atoms with van der Waals surface area (Å²) in [6.45, 7) is 2.74. The van der Waals surface area contributed by atoms with Gasteiger partial charge in [-0.3, -0.25) is 14.8 Å². The van der Waals surface area contributed by atoms with Gasteiger partial charge in [0, 0.05) is 29.5 Å². The van der Waals surface area contributed by atoms with Gasteiger partial charge in [0.15, 0.2) is 11.5 Å². The van der Waals surface area contributed by atoms with Crippen molar-refractivity contribution in [1.29, 1.82) is 0 Å². The van der Waals surface area contributed by atoms with Crippen molar-refractivity contribution in [2.75, 3.05) is 11.9 Å². The van der Waals surface area contributed by atoms with E-state index in [0.29, 0.717) is 36.0 Å². The van der Waals surface area contributed by atoms with Crippen LogP contribution >= 0.6 is 0 Å². The van der Waals surface area contributed by atoms with Crippen LogP contribution in [0.4, 0.5) is 5.69 Å². The van der Waals surface area contributed by atoms with Gasteiger partial charge in [0.1, 0.15) is 6.61 Å². The van der Waals surface area contributed by atoms with Crippen molar-refractivity contribution in [3.63, 3.8) is 0 Å². The number of anilines is 1. The summed E-state index contributed by atoms with van der Waals surface area (Å²) in [5.74, 6) is 0.863. The van der Waals surface area contributed by atoms with Gasteiger partial charge in [-0.15, -0.1) is 0 Å². The minimum atomic E-state index is -0.241. The summed E-state index contributed by atoms with van der Waals surface area (Å²) >= 11 is 0. The molecule has 0 aliphatic carbocycles. The predicted octanol–water partition coefficient (Wildman–Crippen LogP) is 4.86. The third-order valence-electron chi connectivity index (χ3n) is 4.53. The molecule has 2 aromatic heterocycles. The zero-order valence-corrected chi connectivity index (χ0v) is 16.5. The molecule has 0 aliphatic rings. The predicted molar refractivity (Wildman–Crippen MR) is 116 cm³/mol. The third kappa shape index (κ3) is 4.38. The van der Waals surface area contributed by atoms with E-state index in [1.165, 1.54) is 0 Å². The Kier molecular flexibility index (Phi) is 5.85. The average molecular weight is 399 g/mol. The summed E-state index contributed by atoms with van der Waals surface area (Å²) < 4.78 is 11.6. The highest BCUT2D eigenvalue weighted by atomic mass is 16.5. The first-order valence-electron chi connectivity index (χ1n) is 9.68. The Morgan fingerprint density at radius 1 is 0.933 bits per heavy atom. The highest BCUT2D eigenvalue weighted by molar-refractivity contribution is 6.08. The van der Waals surface area contributed by atoms with Crippen molar-refractivity contribution in [3.8, 4) is 11.5 Å². The molecule has 4 rings (SSSR count). The number of ether oxygens (including phenoxy) is 2. The molecule has 0 unspecified atom stereocenters. The van der Waals surface area contributed by atoms with E-state index in [-0.39, 0.29) is 5.91 Å². The Morgan fingerprint density at radius 3 is 2.60 bits per heavy atom. The molecule has 0 fully saturated rings. The second-order valence-electron chi connectivity index (χ2n) is 6.57. The average Bonchev–Trinajstić information content (AvgIpc) is 2.79. The lowest BCUT2D eigenvalue weighted by Crippen LogP contribution is -2.13. The highest BCUT2D eigenvalue weighted by Gasteiger charge is 2.13. The van der Waals surface area contributed by atoms with Gasteiger partial charge in [0.05, 0.1) is 17.8 Å². The molecule has 0 spiro atoms. The molecule has 1 N–H and O–H groups in total. The Labute approximate surface area is 174 Å². The fraction of sp³-hybridized carbons (Fsp3) is 0.125. The van der Waals surface area contributed by atoms with Crippen LogP contribution in [-0.2, 0) is 6.61 Å². The maximum Gasteiger partial charge on any atom is 0.255 e. The molecule has 30 heavy (non-hydrogen) atoms. The molecule has 2 heterocycles. The van der Waals surface area contributed by atoms with Crippen LogP contribution in [-0.4, -0.2) is 22.5 Å². The fourth-order valence-electron chi connectivity index (χ4n) is 3.08. The number of hydrogen-bond donors (Lipinski definition) is 1. The second-order valence-corrected chi connectivity index (χ2v) is 6.57. The van der Waals surface area contributed by atoms with Crippen molar-refractivity contribution in [2.45, 2.75) is 13.5 Å². The van der Waals surface area contributed by atoms with Crippen LogP contribution in [0.2, 0.25) is 0 Å². The summed E-state index contributed by atoms with van der Waals surface area (Å²) in [6.07, 6.45) is 5.15. The number of nitrogens with one attached hydrogen (secondary N) is 1. The number of carbonyl (C=O) groups is 1. The first-order valence-corrected chi connectivity index (χ1v) is 9.68. The summed E-state index contributed by atoms with van der Waals surface area (Å²) in [5, 5.41) is 3.91. The number of amides is 1. The van der Waals surface area contributed by atoms with E-state index in [4.69, 9.17) is 9.47 Å². The van der Waals surface area contributed by atoms with Crippen LogP contribution < -0.4 is 14.8 Å². The van der Waals surface area contributed by atoms with Crippen molar-refractivity contribution in [2.24, 2.45) is 0 Å². The highest BCUT2D eigenvalue weighted by Crippen LogP contribution is 2.30. The maximum atomic E-state index is 12.9. The number of rotatable bonds is 7. The number of pyridine rings is 2. The quantitative estimate of drug-likeness (QED) is 0.480. The number of nitrogens with zero attached hydrogens (tertiary/aromatic N) is 2. The van der Waals surface area contributed by atoms with Gasteiger partial charge in [-0.2, -0.15) is 0 Å². The maximum absolute atomic E-state index is 12.9. The van der Waals surface area contributed by atoms with E-state index in [2.05, 4.69) is 15.3 Å². The van der Waals surface area contributed by atoms with Crippen LogP contribution in [0.15, 0.2) is 79.3 Å². The lowest BCUT2D eigenvalue weighted by molar-refractivity contribution is 0.102. The van der Waals surface area contributed by atoms with E-state index in [1.54, 1.807) is 36.8 Å². The molecule has 0 aliphatic heterocycles. The molecular weight excluding hydrogens is 378 g/mol. The van der Waals surface area contributed by atoms with Gasteiger partial charge in [-0.1, -0.05) is 18.2 Å². The smallest absolute Gasteiger partial charge is 0.255 e. The number of hydrogen-bond acceptors (Lipinski definition) is 5. The fourth-order valence-corrected chi connectivity index (χ4v) is 3.08. The lowest BCUT2D eigenvalue weighted by atomic mass is 10.1. The molecule has 6 heteroatoms. The zero-order valence-electron chi connectivity index (χ0n) is 16.5. The molecule has 4 aromatic rings. The van der Waals surface area contributed by atoms with Crippen LogP contribution in [0, 0.1) is 0 Å². The van der Waals surface area contributed by atoms with Crippen molar-refractivity contribution in [3.05, 3.63) is 90.4 Å². The number of fused-ring (bicyclic) bond motifs is 1. The Morgan fingerprint density at radius 2 is 1.77 bits per heavy atom. The summed E-state index contributed by atoms with van der Waals surface area (Å²) in [4.78, 5) is 21.2. The van der Waals surface area contributed by atoms with Crippen molar-refractivity contribution >= 4 is 22.5 Å². The standard InChI is InChI=1S/C24H21N3O3/c1-2-29-22-15-19(8-9-21(22)30-16-17-10-13-25-14-11-17)24(28)27-20-7-3-5-18-6-4-12-26-23(18)20/h3-15H,2,16H2,1H3,(H,27,28). The SMILES string of the molecule is CCOc1cc(C(=O)Nc2cccc3cccnc23)ccc1OCc1ccncc1. The first-order chi connectivity index (χ1) is 14.7. The van der Waals surface area contributed by atoms with Gasteiger partial charge in [-0.25, -0.2) is 0 Å². The molecule has 0 atom stereocenters. The van der Waals surface area contributed by atoms with Crippen LogP contribution in [0.1, 0.15) is 22.8 Å². The Hall–Kier alpha value is -3.93. The number of aromatic nitrogens is 2. The zero-order chi connectivity index (χ0) is 20.8. The van der Waals surface area contributed by atoms with E-state index >= 15 is 0 Å². The monoisotopic (exact) mass is 399 g/mol. The second kappa shape index (κ2) is 9.05. The molecule has 6 nitrogen and oxygen atoms in total. The van der Waals surface area contributed by atoms with Crippen LogP contribution in [0.25, 0.3) is 10.9 Å². The molecule has 0 bridgehead atoms. The molecule has 2 aromatic carbocycles. The Balaban J connectivity index is 1.54. The number of para-hydroxylation sites is 1. The van der Waals surface area contributed by atoms with E-state index in [0.717, 1.165) is 16.5 Å². The van der Waals surface area contributed by atoms with Crippen molar-refractivity contribution in [1.82, 2.24) is 9.97 Å². The van der Waals surface area contributed by atoms with Crippen LogP contribution in [0.3, 0.4) is 0 Å². The number of benzene rings is 2. The third-order valence-corrected chi connectivity index (χ3v) is 4.53. The van der Waals surface area contributed by atoms with Gasteiger partial charge in [0.2, 0.25) is 0 Å². The normalized spacial score (nSPS) is 10.6. The lowest BCUT2D eigenvalue weighted by Gasteiger charge is -2.14. The number of carbonyl (C=O) groups excluding carboxylic acids is 1. The topological polar surface area (TPSA) is 73.3 Å². The summed E-state index contributed by atoms with van der Waals surface area (Å²) in [5.41, 5.74) is 2.88. The molecule has 0 saturated heterocycles. The summed E-state index contributed by atoms with van der Waals surface area (Å²) in [6, 6.07) is 18.5. The van der Waals surface area contributed by atoms with Gasteiger partial charge in [0.25, 0.3) is 5.91 Å². The van der Waals surface area contributed by atoms with Gasteiger partial charge >= 0.3 is 0 Å². The summed E-state index contributed by atoms with van der Waals surface area (Å²) in [7, 11) is 0. The van der Waals surface area contributed by atoms with Gasteiger partial charge < -0.3 is 14.8 Å². The molecule has 0 saturated carbocycles. The van der Waals surface area contributed by atoms with E-state index in [9.17, 15) is 4.79 Å². The molecule has 1 amide bonds. The first kappa shape index (κ1) is 19.4. The molecular formula is C24H21N3O3. The minimum absolute atomic E-state index is 0.241. The van der Waals surface area contributed by atoms with Gasteiger partial charge in [-0.05, 0) is 55.0 Å². The minimum Gasteiger partial charge on any atom is -0.490 e. The largest absolute Gasteiger partial charge is 0.490 e.